The van der Waals surface area contributed by atoms with Gasteiger partial charge >= 0.3 is 0 Å². The molecule has 0 spiro atoms. The number of aromatic nitrogens is 5. The van der Waals surface area contributed by atoms with E-state index in [4.69, 9.17) is 32.7 Å². The third-order valence-corrected chi connectivity index (χ3v) is 6.81. The Morgan fingerprint density at radius 1 is 1.35 bits per heavy atom. The Hall–Kier alpha value is -2.37. The van der Waals surface area contributed by atoms with Gasteiger partial charge in [-0.15, -0.1) is 5.10 Å². The molecule has 0 amide bonds. The first kappa shape index (κ1) is 24.7. The lowest BCUT2D eigenvalue weighted by Gasteiger charge is -2.43. The predicted molar refractivity (Wildman–Crippen MR) is 120 cm³/mol. The summed E-state index contributed by atoms with van der Waals surface area (Å²) in [6.07, 6.45) is -0.209. The first-order valence-electron chi connectivity index (χ1n) is 9.80. The zero-order chi connectivity index (χ0) is 24.4. The molecule has 4 rings (SSSR count). The molecule has 1 fully saturated rings. The molecule has 0 bridgehead atoms. The van der Waals surface area contributed by atoms with E-state index in [0.29, 0.717) is 9.92 Å². The van der Waals surface area contributed by atoms with Gasteiger partial charge in [-0.05, 0) is 18.2 Å². The summed E-state index contributed by atoms with van der Waals surface area (Å²) in [5.74, 6) is -0.852. The van der Waals surface area contributed by atoms with Crippen LogP contribution in [0.1, 0.15) is 11.7 Å². The van der Waals surface area contributed by atoms with Crippen LogP contribution >= 0.6 is 35.0 Å². The van der Waals surface area contributed by atoms with Crippen LogP contribution < -0.4 is 0 Å². The molecule has 34 heavy (non-hydrogen) atoms. The summed E-state index contributed by atoms with van der Waals surface area (Å²) in [6.45, 7) is -0.491. The number of hydrogen-bond acceptors (Lipinski definition) is 10. The van der Waals surface area contributed by atoms with Crippen LogP contribution in [0.25, 0.3) is 11.4 Å². The lowest BCUT2D eigenvalue weighted by Crippen LogP contribution is -2.55. The minimum atomic E-state index is -1.23. The van der Waals surface area contributed by atoms with Crippen LogP contribution in [0.15, 0.2) is 35.5 Å². The molecule has 0 radical (unpaired) electrons. The number of ether oxygens (including phenoxy) is 2. The van der Waals surface area contributed by atoms with Crippen LogP contribution in [-0.4, -0.2) is 72.6 Å². The topological polar surface area (TPSA) is 139 Å². The average Bonchev–Trinajstić information content (AvgIpc) is 3.31. The summed E-state index contributed by atoms with van der Waals surface area (Å²) < 4.78 is 26.7. The number of hydrogen-bond donors (Lipinski definition) is 2. The largest absolute Gasteiger partial charge is 0.394 e. The van der Waals surface area contributed by atoms with Crippen molar-refractivity contribution in [3.05, 3.63) is 52.3 Å². The van der Waals surface area contributed by atoms with E-state index in [1.807, 2.05) is 6.07 Å². The highest BCUT2D eigenvalue weighted by Crippen LogP contribution is 2.40. The third-order valence-electron chi connectivity index (χ3n) is 5.15. The van der Waals surface area contributed by atoms with Gasteiger partial charge < -0.3 is 19.7 Å². The van der Waals surface area contributed by atoms with E-state index in [1.165, 1.54) is 36.3 Å². The molecule has 1 aliphatic rings. The number of pyridine rings is 2. The van der Waals surface area contributed by atoms with E-state index in [2.05, 4.69) is 20.3 Å². The number of methoxy groups -OCH3 is 1. The second kappa shape index (κ2) is 10.5. The highest BCUT2D eigenvalue weighted by Gasteiger charge is 2.47. The van der Waals surface area contributed by atoms with Crippen molar-refractivity contribution >= 4 is 35.0 Å². The highest BCUT2D eigenvalue weighted by molar-refractivity contribution is 7.99. The van der Waals surface area contributed by atoms with E-state index in [0.717, 1.165) is 11.8 Å². The standard InChI is InChI=1S/C20H17Cl2FN6O4S/c1-32-18-16(29-7-13(27-28-29)11-3-2-10(22)19(23)26-11)17(31)14(8-30)33-20(18)34-15-4-9(21)6-25-12(15)5-24/h2-4,6-7,14,16-18,20,30-31H,8H2,1H3. The Bertz CT molecular complexity index is 1230. The van der Waals surface area contributed by atoms with E-state index in [9.17, 15) is 19.9 Å². The Morgan fingerprint density at radius 3 is 2.82 bits per heavy atom. The lowest BCUT2D eigenvalue weighted by molar-refractivity contribution is -0.186. The Morgan fingerprint density at radius 2 is 2.15 bits per heavy atom. The van der Waals surface area contributed by atoms with Gasteiger partial charge in [0.05, 0.1) is 28.5 Å². The quantitative estimate of drug-likeness (QED) is 0.460. The van der Waals surface area contributed by atoms with Crippen molar-refractivity contribution in [2.24, 2.45) is 0 Å². The minimum Gasteiger partial charge on any atom is -0.394 e. The third kappa shape index (κ3) is 4.87. The van der Waals surface area contributed by atoms with Crippen LogP contribution in [0, 0.1) is 17.3 Å². The molecule has 1 aliphatic heterocycles. The number of rotatable bonds is 6. The minimum absolute atomic E-state index is 0.131. The van der Waals surface area contributed by atoms with Crippen molar-refractivity contribution in [3.63, 3.8) is 0 Å². The average molecular weight is 527 g/mol. The van der Waals surface area contributed by atoms with E-state index >= 15 is 0 Å². The maximum atomic E-state index is 13.8. The highest BCUT2D eigenvalue weighted by atomic mass is 35.5. The van der Waals surface area contributed by atoms with Crippen molar-refractivity contribution in [1.82, 2.24) is 25.0 Å². The number of thioether (sulfide) groups is 1. The molecule has 5 atom stereocenters. The first-order chi connectivity index (χ1) is 16.4. The first-order valence-corrected chi connectivity index (χ1v) is 11.4. The van der Waals surface area contributed by atoms with Crippen molar-refractivity contribution < 1.29 is 24.1 Å². The molecule has 4 heterocycles. The van der Waals surface area contributed by atoms with E-state index in [-0.39, 0.29) is 22.1 Å². The van der Waals surface area contributed by atoms with Crippen LogP contribution in [-0.2, 0) is 9.47 Å². The number of nitriles is 1. The molecule has 1 saturated heterocycles. The summed E-state index contributed by atoms with van der Waals surface area (Å²) in [6, 6.07) is 5.53. The van der Waals surface area contributed by atoms with E-state index in [1.54, 1.807) is 6.07 Å². The van der Waals surface area contributed by atoms with Crippen molar-refractivity contribution in [3.8, 4) is 17.5 Å². The maximum absolute atomic E-state index is 13.8. The molecule has 14 heteroatoms. The summed E-state index contributed by atoms with van der Waals surface area (Å²) in [5.41, 5.74) is -0.228. The molecule has 0 aliphatic carbocycles. The van der Waals surface area contributed by atoms with Gasteiger partial charge in [-0.3, -0.25) is 0 Å². The van der Waals surface area contributed by atoms with Crippen LogP contribution in [0.2, 0.25) is 10.0 Å². The van der Waals surface area contributed by atoms with Gasteiger partial charge in [0.15, 0.2) is 5.69 Å². The Labute approximate surface area is 207 Å². The molecule has 178 valence electrons. The molecule has 2 N–H and O–H groups in total. The molecule has 0 saturated carbocycles. The van der Waals surface area contributed by atoms with Gasteiger partial charge in [-0.1, -0.05) is 40.2 Å². The number of aliphatic hydroxyl groups is 2. The molecule has 0 aromatic carbocycles. The van der Waals surface area contributed by atoms with Gasteiger partial charge in [0.25, 0.3) is 0 Å². The SMILES string of the molecule is COC1C(Sc2cc(Cl)cnc2C#N)OC(CO)C(O)C1n1cc(-c2ccc(Cl)c(F)n2)nn1. The van der Waals surface area contributed by atoms with Crippen molar-refractivity contribution in [2.75, 3.05) is 13.7 Å². The number of halogens is 3. The summed E-state index contributed by atoms with van der Waals surface area (Å²) >= 11 is 12.9. The van der Waals surface area contributed by atoms with Gasteiger partial charge in [-0.25, -0.2) is 14.6 Å². The maximum Gasteiger partial charge on any atom is 0.232 e. The van der Waals surface area contributed by atoms with Crippen LogP contribution in [0.5, 0.6) is 0 Å². The van der Waals surface area contributed by atoms with Gasteiger partial charge in [0.2, 0.25) is 5.95 Å². The van der Waals surface area contributed by atoms with E-state index < -0.39 is 42.3 Å². The molecular weight excluding hydrogens is 510 g/mol. The van der Waals surface area contributed by atoms with Gasteiger partial charge in [0.1, 0.15) is 41.6 Å². The lowest BCUT2D eigenvalue weighted by atomic mass is 9.97. The number of aliphatic hydroxyl groups excluding tert-OH is 2. The fourth-order valence-electron chi connectivity index (χ4n) is 3.53. The normalized spacial score (nSPS) is 24.7. The molecule has 10 nitrogen and oxygen atoms in total. The monoisotopic (exact) mass is 526 g/mol. The van der Waals surface area contributed by atoms with Crippen molar-refractivity contribution in [1.29, 1.82) is 5.26 Å². The number of nitrogens with zero attached hydrogens (tertiary/aromatic N) is 6. The fraction of sp³-hybridized carbons (Fsp3) is 0.350. The van der Waals surface area contributed by atoms with Crippen LogP contribution in [0.3, 0.4) is 0 Å². The summed E-state index contributed by atoms with van der Waals surface area (Å²) in [4.78, 5) is 8.21. The Balaban J connectivity index is 1.68. The van der Waals surface area contributed by atoms with Gasteiger partial charge in [-0.2, -0.15) is 9.65 Å². The van der Waals surface area contributed by atoms with Gasteiger partial charge in [0, 0.05) is 18.2 Å². The van der Waals surface area contributed by atoms with Crippen molar-refractivity contribution in [2.45, 2.75) is 34.7 Å². The smallest absolute Gasteiger partial charge is 0.232 e. The molecule has 3 aromatic heterocycles. The Kier molecular flexibility index (Phi) is 7.63. The zero-order valence-electron chi connectivity index (χ0n) is 17.4. The summed E-state index contributed by atoms with van der Waals surface area (Å²) in [7, 11) is 1.43. The fourth-order valence-corrected chi connectivity index (χ4v) is 5.12. The molecule has 5 unspecified atom stereocenters. The summed E-state index contributed by atoms with van der Waals surface area (Å²) in [5, 5.41) is 38.4. The molecular formula is C20H17Cl2FN6O4S. The predicted octanol–water partition coefficient (Wildman–Crippen LogP) is 2.48. The molecule has 3 aromatic rings. The zero-order valence-corrected chi connectivity index (χ0v) is 19.7. The second-order valence-corrected chi connectivity index (χ2v) is 9.17. The van der Waals surface area contributed by atoms with Crippen LogP contribution in [0.4, 0.5) is 4.39 Å². The second-order valence-electron chi connectivity index (χ2n) is 7.19.